The van der Waals surface area contributed by atoms with Gasteiger partial charge in [-0.3, -0.25) is 0 Å². The summed E-state index contributed by atoms with van der Waals surface area (Å²) >= 11 is 5.69. The summed E-state index contributed by atoms with van der Waals surface area (Å²) in [6.07, 6.45) is 0. The summed E-state index contributed by atoms with van der Waals surface area (Å²) in [6.45, 7) is 0.365. The summed E-state index contributed by atoms with van der Waals surface area (Å²) in [5.74, 6) is -0.377. The largest absolute Gasteiger partial charge is 0.329 e. The lowest BCUT2D eigenvalue weighted by Crippen LogP contribution is -2.28. The first-order chi connectivity index (χ1) is 6.57. The zero-order valence-corrected chi connectivity index (χ0v) is 9.05. The third-order valence-corrected chi connectivity index (χ3v) is 2.48. The van der Waals surface area contributed by atoms with Gasteiger partial charge in [0.05, 0.1) is 5.02 Å². The smallest absolute Gasteiger partial charge is 0.146 e. The maximum Gasteiger partial charge on any atom is 0.146 e. The molecule has 0 radical (unpaired) electrons. The van der Waals surface area contributed by atoms with Crippen LogP contribution in [-0.4, -0.2) is 25.5 Å². The standard InChI is InChI=1S/C10H14ClFN2/c1-14(2)9(6-13)7-4-3-5-8(11)10(7)12/h3-5,9H,6,13H2,1-2H3. The van der Waals surface area contributed by atoms with Gasteiger partial charge in [-0.05, 0) is 20.2 Å². The van der Waals surface area contributed by atoms with Crippen molar-refractivity contribution in [1.29, 1.82) is 0 Å². The van der Waals surface area contributed by atoms with Crippen LogP contribution in [0.4, 0.5) is 4.39 Å². The van der Waals surface area contributed by atoms with Crippen LogP contribution in [0.2, 0.25) is 5.02 Å². The fourth-order valence-electron chi connectivity index (χ4n) is 1.39. The second kappa shape index (κ2) is 4.73. The molecule has 2 N–H and O–H groups in total. The van der Waals surface area contributed by atoms with Crippen molar-refractivity contribution < 1.29 is 4.39 Å². The maximum atomic E-state index is 13.6. The maximum absolute atomic E-state index is 13.6. The van der Waals surface area contributed by atoms with Crippen molar-refractivity contribution in [3.05, 3.63) is 34.6 Å². The van der Waals surface area contributed by atoms with Crippen molar-refractivity contribution in [2.75, 3.05) is 20.6 Å². The molecule has 0 bridgehead atoms. The van der Waals surface area contributed by atoms with Gasteiger partial charge in [-0.15, -0.1) is 0 Å². The molecule has 0 heterocycles. The van der Waals surface area contributed by atoms with Gasteiger partial charge in [0.1, 0.15) is 5.82 Å². The normalized spacial score (nSPS) is 13.3. The zero-order valence-electron chi connectivity index (χ0n) is 8.30. The summed E-state index contributed by atoms with van der Waals surface area (Å²) in [4.78, 5) is 1.87. The van der Waals surface area contributed by atoms with E-state index in [9.17, 15) is 4.39 Å². The Balaban J connectivity index is 3.10. The highest BCUT2D eigenvalue weighted by Gasteiger charge is 2.17. The summed E-state index contributed by atoms with van der Waals surface area (Å²) in [6, 6.07) is 4.84. The molecule has 1 rings (SSSR count). The van der Waals surface area contributed by atoms with Gasteiger partial charge < -0.3 is 10.6 Å². The Kier molecular flexibility index (Phi) is 3.86. The first-order valence-electron chi connectivity index (χ1n) is 4.38. The third kappa shape index (κ3) is 2.23. The van der Waals surface area contributed by atoms with Crippen molar-refractivity contribution in [3.8, 4) is 0 Å². The van der Waals surface area contributed by atoms with Gasteiger partial charge in [0.2, 0.25) is 0 Å². The number of benzene rings is 1. The van der Waals surface area contributed by atoms with E-state index in [0.717, 1.165) is 0 Å². The summed E-state index contributed by atoms with van der Waals surface area (Å²) in [7, 11) is 3.72. The van der Waals surface area contributed by atoms with Crippen LogP contribution in [0.1, 0.15) is 11.6 Å². The molecule has 0 saturated carbocycles. The van der Waals surface area contributed by atoms with Crippen LogP contribution >= 0.6 is 11.6 Å². The van der Waals surface area contributed by atoms with E-state index < -0.39 is 0 Å². The Morgan fingerprint density at radius 1 is 1.50 bits per heavy atom. The molecule has 1 aromatic carbocycles. The van der Waals surface area contributed by atoms with Gasteiger partial charge in [-0.2, -0.15) is 0 Å². The van der Waals surface area contributed by atoms with Crippen LogP contribution < -0.4 is 5.73 Å². The summed E-state index contributed by atoms with van der Waals surface area (Å²) in [5.41, 5.74) is 6.12. The number of rotatable bonds is 3. The molecular weight excluding hydrogens is 203 g/mol. The molecule has 0 saturated heterocycles. The monoisotopic (exact) mass is 216 g/mol. The topological polar surface area (TPSA) is 29.3 Å². The molecule has 0 aliphatic carbocycles. The van der Waals surface area contributed by atoms with Gasteiger partial charge in [-0.25, -0.2) is 4.39 Å². The lowest BCUT2D eigenvalue weighted by atomic mass is 10.1. The van der Waals surface area contributed by atoms with E-state index in [1.165, 1.54) is 6.07 Å². The number of halogens is 2. The quantitative estimate of drug-likeness (QED) is 0.838. The second-order valence-electron chi connectivity index (χ2n) is 3.36. The molecule has 0 fully saturated rings. The molecule has 0 aromatic heterocycles. The fraction of sp³-hybridized carbons (Fsp3) is 0.400. The Hall–Kier alpha value is -0.640. The van der Waals surface area contributed by atoms with Crippen molar-refractivity contribution >= 4 is 11.6 Å². The number of nitrogens with zero attached hydrogens (tertiary/aromatic N) is 1. The molecule has 1 atom stereocenters. The van der Waals surface area contributed by atoms with Crippen LogP contribution in [0, 0.1) is 5.82 Å². The second-order valence-corrected chi connectivity index (χ2v) is 3.77. The number of hydrogen-bond acceptors (Lipinski definition) is 2. The van der Waals surface area contributed by atoms with Gasteiger partial charge in [0.15, 0.2) is 0 Å². The van der Waals surface area contributed by atoms with Crippen LogP contribution in [0.25, 0.3) is 0 Å². The Morgan fingerprint density at radius 3 is 2.64 bits per heavy atom. The van der Waals surface area contributed by atoms with E-state index in [0.29, 0.717) is 12.1 Å². The molecule has 0 amide bonds. The molecule has 2 nitrogen and oxygen atoms in total. The van der Waals surface area contributed by atoms with Crippen LogP contribution in [0.15, 0.2) is 18.2 Å². The van der Waals surface area contributed by atoms with E-state index in [2.05, 4.69) is 0 Å². The number of hydrogen-bond donors (Lipinski definition) is 1. The van der Waals surface area contributed by atoms with Gasteiger partial charge >= 0.3 is 0 Å². The molecule has 78 valence electrons. The molecule has 14 heavy (non-hydrogen) atoms. The van der Waals surface area contributed by atoms with Gasteiger partial charge in [0, 0.05) is 18.2 Å². The lowest BCUT2D eigenvalue weighted by Gasteiger charge is -2.23. The van der Waals surface area contributed by atoms with Crippen LogP contribution in [0.5, 0.6) is 0 Å². The van der Waals surface area contributed by atoms with E-state index in [1.54, 1.807) is 12.1 Å². The summed E-state index contributed by atoms with van der Waals surface area (Å²) < 4.78 is 13.6. The van der Waals surface area contributed by atoms with Gasteiger partial charge in [-0.1, -0.05) is 23.7 Å². The van der Waals surface area contributed by atoms with Crippen molar-refractivity contribution in [2.24, 2.45) is 5.73 Å². The fourth-order valence-corrected chi connectivity index (χ4v) is 1.58. The molecule has 0 aliphatic rings. The molecule has 4 heteroatoms. The lowest BCUT2D eigenvalue weighted by molar-refractivity contribution is 0.298. The van der Waals surface area contributed by atoms with Gasteiger partial charge in [0.25, 0.3) is 0 Å². The average molecular weight is 217 g/mol. The van der Waals surface area contributed by atoms with Crippen molar-refractivity contribution in [1.82, 2.24) is 4.90 Å². The molecule has 1 unspecified atom stereocenters. The van der Waals surface area contributed by atoms with Crippen molar-refractivity contribution in [2.45, 2.75) is 6.04 Å². The average Bonchev–Trinajstić information content (AvgIpc) is 2.13. The minimum atomic E-state index is -0.377. The van der Waals surface area contributed by atoms with E-state index >= 15 is 0 Å². The van der Waals surface area contributed by atoms with E-state index in [-0.39, 0.29) is 16.9 Å². The Morgan fingerprint density at radius 2 is 2.14 bits per heavy atom. The van der Waals surface area contributed by atoms with Crippen molar-refractivity contribution in [3.63, 3.8) is 0 Å². The molecule has 1 aromatic rings. The highest BCUT2D eigenvalue weighted by atomic mass is 35.5. The number of nitrogens with two attached hydrogens (primary N) is 1. The zero-order chi connectivity index (χ0) is 10.7. The first kappa shape index (κ1) is 11.4. The van der Waals surface area contributed by atoms with Crippen LogP contribution in [0.3, 0.4) is 0 Å². The molecular formula is C10H14ClFN2. The SMILES string of the molecule is CN(C)C(CN)c1cccc(Cl)c1F. The predicted molar refractivity (Wildman–Crippen MR) is 56.9 cm³/mol. The van der Waals surface area contributed by atoms with Crippen LogP contribution in [-0.2, 0) is 0 Å². The predicted octanol–water partition coefficient (Wildman–Crippen LogP) is 2.04. The highest BCUT2D eigenvalue weighted by molar-refractivity contribution is 6.30. The highest BCUT2D eigenvalue weighted by Crippen LogP contribution is 2.25. The molecule has 0 spiro atoms. The van der Waals surface area contributed by atoms with E-state index in [1.807, 2.05) is 19.0 Å². The Labute approximate surface area is 88.5 Å². The van der Waals surface area contributed by atoms with E-state index in [4.69, 9.17) is 17.3 Å². The Bertz CT molecular complexity index is 315. The minimum absolute atomic E-state index is 0.131. The molecule has 0 aliphatic heterocycles. The number of likely N-dealkylation sites (N-methyl/N-ethyl adjacent to an activating group) is 1. The minimum Gasteiger partial charge on any atom is -0.329 e. The summed E-state index contributed by atoms with van der Waals surface area (Å²) in [5, 5.41) is 0.141. The third-order valence-electron chi connectivity index (χ3n) is 2.19. The first-order valence-corrected chi connectivity index (χ1v) is 4.76.